The van der Waals surface area contributed by atoms with Gasteiger partial charge in [-0.3, -0.25) is 9.59 Å². The predicted octanol–water partition coefficient (Wildman–Crippen LogP) is 2.99. The number of hydrogen-bond donors (Lipinski definition) is 2. The fourth-order valence-corrected chi connectivity index (χ4v) is 2.58. The quantitative estimate of drug-likeness (QED) is 0.483. The number of rotatable bonds is 9. The molecule has 0 saturated carbocycles. The van der Waals surface area contributed by atoms with Gasteiger partial charge in [-0.25, -0.2) is 0 Å². The van der Waals surface area contributed by atoms with E-state index in [1.165, 1.54) is 20.3 Å². The molecule has 8 nitrogen and oxygen atoms in total. The SMILES string of the molecule is COCOc1cc(C)cc(COC)c1C=O.COCc1cc(O)cc(O)c1C=O. The Morgan fingerprint density at radius 2 is 1.41 bits per heavy atom. The van der Waals surface area contributed by atoms with Gasteiger partial charge in [0.05, 0.1) is 24.3 Å². The molecule has 0 aliphatic carbocycles. The third kappa shape index (κ3) is 7.19. The lowest BCUT2D eigenvalue weighted by Crippen LogP contribution is -2.05. The Morgan fingerprint density at radius 1 is 0.828 bits per heavy atom. The van der Waals surface area contributed by atoms with Crippen LogP contribution >= 0.6 is 0 Å². The maximum absolute atomic E-state index is 11.0. The van der Waals surface area contributed by atoms with E-state index in [2.05, 4.69) is 0 Å². The molecule has 0 aliphatic heterocycles. The lowest BCUT2D eigenvalue weighted by atomic mass is 10.0. The average Bonchev–Trinajstić information content (AvgIpc) is 2.67. The van der Waals surface area contributed by atoms with Gasteiger partial charge in [-0.1, -0.05) is 6.07 Å². The predicted molar refractivity (Wildman–Crippen MR) is 106 cm³/mol. The maximum Gasteiger partial charge on any atom is 0.188 e. The lowest BCUT2D eigenvalue weighted by Gasteiger charge is -2.12. The van der Waals surface area contributed by atoms with Crippen molar-refractivity contribution in [1.82, 2.24) is 0 Å². The number of methoxy groups -OCH3 is 3. The number of phenols is 2. The van der Waals surface area contributed by atoms with E-state index in [9.17, 15) is 14.7 Å². The van der Waals surface area contributed by atoms with Crippen LogP contribution in [-0.2, 0) is 27.4 Å². The molecule has 8 heteroatoms. The first-order chi connectivity index (χ1) is 13.9. The van der Waals surface area contributed by atoms with Crippen molar-refractivity contribution in [2.24, 2.45) is 0 Å². The van der Waals surface area contributed by atoms with Crippen LogP contribution in [0.2, 0.25) is 0 Å². The van der Waals surface area contributed by atoms with Crippen LogP contribution in [0.5, 0.6) is 17.2 Å². The molecule has 158 valence electrons. The summed E-state index contributed by atoms with van der Waals surface area (Å²) in [5.74, 6) is 0.209. The summed E-state index contributed by atoms with van der Waals surface area (Å²) in [5.41, 5.74) is 2.98. The number of carbonyl (C=O) groups is 2. The van der Waals surface area contributed by atoms with Gasteiger partial charge in [-0.15, -0.1) is 0 Å². The van der Waals surface area contributed by atoms with Crippen LogP contribution in [0.1, 0.15) is 37.4 Å². The molecule has 2 aromatic rings. The van der Waals surface area contributed by atoms with Crippen LogP contribution in [0.4, 0.5) is 0 Å². The standard InChI is InChI=1S/C12H16O4.C9H10O4/c1-9-4-10(7-14-2)11(6-13)12(5-9)16-8-15-3;1-13-5-6-2-7(11)3-9(12)8(6)4-10/h4-6H,7-8H2,1-3H3;2-4,11-12H,5H2,1H3. The Labute approximate surface area is 169 Å². The van der Waals surface area contributed by atoms with E-state index < -0.39 is 0 Å². The number of aromatic hydroxyl groups is 2. The summed E-state index contributed by atoms with van der Waals surface area (Å²) in [7, 11) is 4.59. The van der Waals surface area contributed by atoms with E-state index in [4.69, 9.17) is 24.1 Å². The minimum atomic E-state index is -0.234. The molecule has 2 aromatic carbocycles. The third-order valence-corrected chi connectivity index (χ3v) is 3.77. The minimum Gasteiger partial charge on any atom is -0.508 e. The summed E-state index contributed by atoms with van der Waals surface area (Å²) in [5, 5.41) is 18.4. The van der Waals surface area contributed by atoms with Crippen molar-refractivity contribution in [3.05, 3.63) is 52.1 Å². The summed E-state index contributed by atoms with van der Waals surface area (Å²) in [6, 6.07) is 6.21. The molecular formula is C21H26O8. The fraction of sp³-hybridized carbons (Fsp3) is 0.333. The smallest absolute Gasteiger partial charge is 0.188 e. The van der Waals surface area contributed by atoms with E-state index in [-0.39, 0.29) is 30.5 Å². The molecule has 0 aliphatic rings. The van der Waals surface area contributed by atoms with Gasteiger partial charge in [0.15, 0.2) is 19.4 Å². The third-order valence-electron chi connectivity index (χ3n) is 3.77. The first-order valence-corrected chi connectivity index (χ1v) is 8.60. The number of aldehydes is 2. The second-order valence-electron chi connectivity index (χ2n) is 6.03. The van der Waals surface area contributed by atoms with Crippen molar-refractivity contribution in [3.8, 4) is 17.2 Å². The minimum absolute atomic E-state index is 0.0878. The van der Waals surface area contributed by atoms with Crippen LogP contribution in [0.3, 0.4) is 0 Å². The van der Waals surface area contributed by atoms with E-state index in [1.54, 1.807) is 7.11 Å². The van der Waals surface area contributed by atoms with Gasteiger partial charge in [-0.2, -0.15) is 0 Å². The first-order valence-electron chi connectivity index (χ1n) is 8.60. The number of benzene rings is 2. The van der Waals surface area contributed by atoms with Crippen LogP contribution in [0.25, 0.3) is 0 Å². The average molecular weight is 406 g/mol. The lowest BCUT2D eigenvalue weighted by molar-refractivity contribution is 0.0503. The van der Waals surface area contributed by atoms with Gasteiger partial charge < -0.3 is 29.2 Å². The first kappa shape index (κ1) is 24.1. The fourth-order valence-electron chi connectivity index (χ4n) is 2.58. The second kappa shape index (κ2) is 12.5. The summed E-state index contributed by atoms with van der Waals surface area (Å²) < 4.78 is 20.0. The largest absolute Gasteiger partial charge is 0.508 e. The van der Waals surface area contributed by atoms with Crippen molar-refractivity contribution in [1.29, 1.82) is 0 Å². The normalized spacial score (nSPS) is 10.1. The second-order valence-corrected chi connectivity index (χ2v) is 6.03. The molecule has 0 heterocycles. The molecule has 0 saturated heterocycles. The van der Waals surface area contributed by atoms with Crippen molar-refractivity contribution in [2.45, 2.75) is 20.1 Å². The highest BCUT2D eigenvalue weighted by Gasteiger charge is 2.10. The van der Waals surface area contributed by atoms with Gasteiger partial charge in [-0.05, 0) is 35.7 Å². The molecular weight excluding hydrogens is 380 g/mol. The molecule has 0 unspecified atom stereocenters. The summed E-state index contributed by atoms with van der Waals surface area (Å²) >= 11 is 0. The van der Waals surface area contributed by atoms with E-state index >= 15 is 0 Å². The molecule has 0 bridgehead atoms. The molecule has 0 fully saturated rings. The van der Waals surface area contributed by atoms with Gasteiger partial charge in [0, 0.05) is 27.4 Å². The Balaban J connectivity index is 0.000000296. The van der Waals surface area contributed by atoms with Crippen molar-refractivity contribution in [3.63, 3.8) is 0 Å². The highest BCUT2D eigenvalue weighted by molar-refractivity contribution is 5.82. The number of phenolic OH excluding ortho intramolecular Hbond substituents is 2. The van der Waals surface area contributed by atoms with E-state index in [0.29, 0.717) is 29.8 Å². The monoisotopic (exact) mass is 406 g/mol. The van der Waals surface area contributed by atoms with Crippen LogP contribution in [0, 0.1) is 6.92 Å². The number of carbonyl (C=O) groups excluding carboxylic acids is 2. The maximum atomic E-state index is 11.0. The Bertz CT molecular complexity index is 817. The molecule has 2 rings (SSSR count). The number of hydrogen-bond acceptors (Lipinski definition) is 8. The van der Waals surface area contributed by atoms with Crippen molar-refractivity contribution in [2.75, 3.05) is 28.1 Å². The number of aryl methyl sites for hydroxylation is 1. The molecule has 2 N–H and O–H groups in total. The zero-order valence-electron chi connectivity index (χ0n) is 16.9. The van der Waals surface area contributed by atoms with Crippen molar-refractivity contribution < 1.29 is 38.7 Å². The topological polar surface area (TPSA) is 112 Å². The number of ether oxygens (including phenoxy) is 4. The van der Waals surface area contributed by atoms with Crippen molar-refractivity contribution >= 4 is 12.6 Å². The van der Waals surface area contributed by atoms with Gasteiger partial charge >= 0.3 is 0 Å². The zero-order valence-corrected chi connectivity index (χ0v) is 16.9. The molecule has 0 spiro atoms. The van der Waals surface area contributed by atoms with Crippen LogP contribution in [0.15, 0.2) is 24.3 Å². The molecule has 0 atom stereocenters. The molecule has 29 heavy (non-hydrogen) atoms. The van der Waals surface area contributed by atoms with Gasteiger partial charge in [0.2, 0.25) is 0 Å². The van der Waals surface area contributed by atoms with Gasteiger partial charge in [0.1, 0.15) is 17.2 Å². The van der Waals surface area contributed by atoms with E-state index in [0.717, 1.165) is 23.5 Å². The molecule has 0 aromatic heterocycles. The highest BCUT2D eigenvalue weighted by atomic mass is 16.7. The van der Waals surface area contributed by atoms with Gasteiger partial charge in [0.25, 0.3) is 0 Å². The summed E-state index contributed by atoms with van der Waals surface area (Å²) in [6.45, 7) is 2.62. The summed E-state index contributed by atoms with van der Waals surface area (Å²) in [6.07, 6.45) is 1.31. The summed E-state index contributed by atoms with van der Waals surface area (Å²) in [4.78, 5) is 21.6. The highest BCUT2D eigenvalue weighted by Crippen LogP contribution is 2.26. The molecule has 0 radical (unpaired) electrons. The Morgan fingerprint density at radius 3 is 1.93 bits per heavy atom. The Hall–Kier alpha value is -2.94. The van der Waals surface area contributed by atoms with E-state index in [1.807, 2.05) is 19.1 Å². The zero-order chi connectivity index (χ0) is 21.8. The molecule has 0 amide bonds. The Kier molecular flexibility index (Phi) is 10.4. The van der Waals surface area contributed by atoms with Crippen LogP contribution in [-0.4, -0.2) is 50.9 Å². The van der Waals surface area contributed by atoms with Crippen LogP contribution < -0.4 is 4.74 Å².